The van der Waals surface area contributed by atoms with Gasteiger partial charge in [-0.3, -0.25) is 9.59 Å². The van der Waals surface area contributed by atoms with Crippen molar-refractivity contribution in [1.82, 2.24) is 10.6 Å². The third-order valence-electron chi connectivity index (χ3n) is 3.71. The Morgan fingerprint density at radius 1 is 1.04 bits per heavy atom. The Morgan fingerprint density at radius 3 is 2.48 bits per heavy atom. The van der Waals surface area contributed by atoms with E-state index >= 15 is 0 Å². The van der Waals surface area contributed by atoms with E-state index < -0.39 is 29.5 Å². The number of fused-ring (bicyclic) bond motifs is 1. The molecule has 2 N–H and O–H groups in total. The predicted octanol–water partition coefficient (Wildman–Crippen LogP) is 2.93. The molecule has 5 nitrogen and oxygen atoms in total. The van der Waals surface area contributed by atoms with E-state index in [4.69, 9.17) is 4.42 Å². The SMILES string of the molecule is CNC(=O)C(NC(=O)c1cc2ccccc2o1)c1ccc(F)c(F)c1. The van der Waals surface area contributed by atoms with Crippen molar-refractivity contribution in [2.75, 3.05) is 7.05 Å². The lowest BCUT2D eigenvalue weighted by Crippen LogP contribution is -2.39. The van der Waals surface area contributed by atoms with Crippen LogP contribution >= 0.6 is 0 Å². The Bertz CT molecular complexity index is 919. The zero-order valence-electron chi connectivity index (χ0n) is 13.2. The smallest absolute Gasteiger partial charge is 0.287 e. The maximum atomic E-state index is 13.5. The van der Waals surface area contributed by atoms with Crippen LogP contribution in [0.2, 0.25) is 0 Å². The summed E-state index contributed by atoms with van der Waals surface area (Å²) >= 11 is 0. The highest BCUT2D eigenvalue weighted by atomic mass is 19.2. The van der Waals surface area contributed by atoms with Crippen molar-refractivity contribution in [2.24, 2.45) is 0 Å². The van der Waals surface area contributed by atoms with Crippen molar-refractivity contribution in [3.63, 3.8) is 0 Å². The number of hydrogen-bond acceptors (Lipinski definition) is 3. The molecule has 1 atom stereocenters. The van der Waals surface area contributed by atoms with Crippen molar-refractivity contribution in [3.05, 3.63) is 71.5 Å². The fourth-order valence-electron chi connectivity index (χ4n) is 2.43. The Kier molecular flexibility index (Phi) is 4.47. The van der Waals surface area contributed by atoms with E-state index in [1.54, 1.807) is 24.3 Å². The van der Waals surface area contributed by atoms with E-state index in [0.29, 0.717) is 5.58 Å². The minimum absolute atomic E-state index is 0.0117. The van der Waals surface area contributed by atoms with Gasteiger partial charge in [0, 0.05) is 12.4 Å². The van der Waals surface area contributed by atoms with Crippen LogP contribution in [0.15, 0.2) is 52.9 Å². The monoisotopic (exact) mass is 344 g/mol. The number of amides is 2. The maximum Gasteiger partial charge on any atom is 0.287 e. The molecule has 0 aliphatic rings. The summed E-state index contributed by atoms with van der Waals surface area (Å²) in [5, 5.41) is 5.59. The van der Waals surface area contributed by atoms with Crippen LogP contribution in [0.5, 0.6) is 0 Å². The number of furan rings is 1. The summed E-state index contributed by atoms with van der Waals surface area (Å²) in [5.74, 6) is -3.35. The highest BCUT2D eigenvalue weighted by Crippen LogP contribution is 2.21. The van der Waals surface area contributed by atoms with E-state index in [1.165, 1.54) is 19.2 Å². The normalized spacial score (nSPS) is 12.0. The van der Waals surface area contributed by atoms with Gasteiger partial charge >= 0.3 is 0 Å². The zero-order chi connectivity index (χ0) is 18.0. The van der Waals surface area contributed by atoms with Gasteiger partial charge in [0.05, 0.1) is 0 Å². The summed E-state index contributed by atoms with van der Waals surface area (Å²) in [5.41, 5.74) is 0.639. The lowest BCUT2D eigenvalue weighted by atomic mass is 10.1. The van der Waals surface area contributed by atoms with Crippen LogP contribution in [-0.2, 0) is 4.79 Å². The average molecular weight is 344 g/mol. The molecular weight excluding hydrogens is 330 g/mol. The van der Waals surface area contributed by atoms with Crippen molar-refractivity contribution < 1.29 is 22.8 Å². The van der Waals surface area contributed by atoms with Crippen LogP contribution in [0.25, 0.3) is 11.0 Å². The summed E-state index contributed by atoms with van der Waals surface area (Å²) < 4.78 is 32.0. The first kappa shape index (κ1) is 16.6. The number of para-hydroxylation sites is 1. The quantitative estimate of drug-likeness (QED) is 0.764. The molecule has 25 heavy (non-hydrogen) atoms. The number of rotatable bonds is 4. The molecule has 0 saturated heterocycles. The van der Waals surface area contributed by atoms with E-state index in [1.807, 2.05) is 0 Å². The summed E-state index contributed by atoms with van der Waals surface area (Å²) in [7, 11) is 1.38. The Hall–Kier alpha value is -3.22. The standard InChI is InChI=1S/C18H14F2N2O3/c1-21-18(24)16(11-6-7-12(19)13(20)8-11)22-17(23)15-9-10-4-2-3-5-14(10)25-15/h2-9,16H,1H3,(H,21,24)(H,22,23). The molecule has 2 amide bonds. The number of likely N-dealkylation sites (N-methyl/N-ethyl adjacent to an activating group) is 1. The van der Waals surface area contributed by atoms with E-state index in [-0.39, 0.29) is 11.3 Å². The Morgan fingerprint density at radius 2 is 1.80 bits per heavy atom. The fraction of sp³-hybridized carbons (Fsp3) is 0.111. The average Bonchev–Trinajstić information content (AvgIpc) is 3.05. The molecule has 1 unspecified atom stereocenters. The van der Waals surface area contributed by atoms with Crippen LogP contribution in [0.3, 0.4) is 0 Å². The second-order valence-corrected chi connectivity index (χ2v) is 5.34. The second kappa shape index (κ2) is 6.72. The van der Waals surface area contributed by atoms with Crippen molar-refractivity contribution in [2.45, 2.75) is 6.04 Å². The number of halogens is 2. The molecule has 0 bridgehead atoms. The molecule has 1 heterocycles. The van der Waals surface area contributed by atoms with E-state index in [2.05, 4.69) is 10.6 Å². The molecule has 2 aromatic carbocycles. The molecule has 1 aromatic heterocycles. The third kappa shape index (κ3) is 3.35. The van der Waals surface area contributed by atoms with Gasteiger partial charge in [0.25, 0.3) is 5.91 Å². The van der Waals surface area contributed by atoms with Crippen LogP contribution in [-0.4, -0.2) is 18.9 Å². The number of benzene rings is 2. The molecule has 0 aliphatic heterocycles. The van der Waals surface area contributed by atoms with Gasteiger partial charge in [0.2, 0.25) is 5.91 Å². The molecule has 128 valence electrons. The fourth-order valence-corrected chi connectivity index (χ4v) is 2.43. The summed E-state index contributed by atoms with van der Waals surface area (Å²) in [6, 6.07) is 10.4. The van der Waals surface area contributed by atoms with Crippen LogP contribution < -0.4 is 10.6 Å². The third-order valence-corrected chi connectivity index (χ3v) is 3.71. The van der Waals surface area contributed by atoms with Gasteiger partial charge in [-0.15, -0.1) is 0 Å². The van der Waals surface area contributed by atoms with Gasteiger partial charge in [-0.25, -0.2) is 8.78 Å². The molecule has 3 rings (SSSR count). The number of hydrogen-bond donors (Lipinski definition) is 2. The van der Waals surface area contributed by atoms with E-state index in [0.717, 1.165) is 17.5 Å². The first-order chi connectivity index (χ1) is 12.0. The van der Waals surface area contributed by atoms with Crippen LogP contribution in [0, 0.1) is 11.6 Å². The van der Waals surface area contributed by atoms with Gasteiger partial charge < -0.3 is 15.1 Å². The maximum absolute atomic E-state index is 13.5. The van der Waals surface area contributed by atoms with Gasteiger partial charge in [-0.2, -0.15) is 0 Å². The first-order valence-electron chi connectivity index (χ1n) is 7.45. The van der Waals surface area contributed by atoms with Gasteiger partial charge in [0.15, 0.2) is 17.4 Å². The van der Waals surface area contributed by atoms with Crippen molar-refractivity contribution in [1.29, 1.82) is 0 Å². The number of nitrogens with one attached hydrogen (secondary N) is 2. The lowest BCUT2D eigenvalue weighted by Gasteiger charge is -2.17. The largest absolute Gasteiger partial charge is 0.451 e. The van der Waals surface area contributed by atoms with Gasteiger partial charge in [-0.05, 0) is 29.8 Å². The van der Waals surface area contributed by atoms with Crippen molar-refractivity contribution in [3.8, 4) is 0 Å². The van der Waals surface area contributed by atoms with Crippen molar-refractivity contribution >= 4 is 22.8 Å². The van der Waals surface area contributed by atoms with Crippen LogP contribution in [0.1, 0.15) is 22.2 Å². The minimum Gasteiger partial charge on any atom is -0.451 e. The zero-order valence-corrected chi connectivity index (χ0v) is 13.2. The Balaban J connectivity index is 1.90. The van der Waals surface area contributed by atoms with Gasteiger partial charge in [0.1, 0.15) is 11.6 Å². The molecule has 0 saturated carbocycles. The molecule has 7 heteroatoms. The molecule has 0 spiro atoms. The highest BCUT2D eigenvalue weighted by Gasteiger charge is 2.25. The minimum atomic E-state index is -1.19. The molecule has 0 aliphatic carbocycles. The Labute approximate surface area is 141 Å². The first-order valence-corrected chi connectivity index (χ1v) is 7.45. The number of carbonyl (C=O) groups is 2. The summed E-state index contributed by atoms with van der Waals surface area (Å²) in [6.07, 6.45) is 0. The highest BCUT2D eigenvalue weighted by molar-refractivity contribution is 5.98. The molecular formula is C18H14F2N2O3. The topological polar surface area (TPSA) is 71.3 Å². The molecule has 3 aromatic rings. The second-order valence-electron chi connectivity index (χ2n) is 5.34. The van der Waals surface area contributed by atoms with E-state index in [9.17, 15) is 18.4 Å². The lowest BCUT2D eigenvalue weighted by molar-refractivity contribution is -0.122. The summed E-state index contributed by atoms with van der Waals surface area (Å²) in [6.45, 7) is 0. The molecule has 0 fully saturated rings. The number of carbonyl (C=O) groups excluding carboxylic acids is 2. The predicted molar refractivity (Wildman–Crippen MR) is 86.8 cm³/mol. The molecule has 0 radical (unpaired) electrons. The van der Waals surface area contributed by atoms with Crippen LogP contribution in [0.4, 0.5) is 8.78 Å². The summed E-state index contributed by atoms with van der Waals surface area (Å²) in [4.78, 5) is 24.5. The van der Waals surface area contributed by atoms with Gasteiger partial charge in [-0.1, -0.05) is 24.3 Å².